The van der Waals surface area contributed by atoms with E-state index in [1.807, 2.05) is 153 Å². The summed E-state index contributed by atoms with van der Waals surface area (Å²) in [4.78, 5) is 48.8. The lowest BCUT2D eigenvalue weighted by Gasteiger charge is -2.13. The van der Waals surface area contributed by atoms with Gasteiger partial charge in [0.15, 0.2) is 34.9 Å². The molecule has 0 radical (unpaired) electrons. The molecule has 2 N–H and O–H groups in total. The molecule has 0 aliphatic carbocycles. The minimum atomic E-state index is -1.49. The van der Waals surface area contributed by atoms with Crippen molar-refractivity contribution in [2.24, 2.45) is 0 Å². The molecule has 14 heteroatoms. The van der Waals surface area contributed by atoms with Gasteiger partial charge in [-0.3, -0.25) is 9.97 Å². The average Bonchev–Trinajstić information content (AvgIpc) is 0.772. The standard InChI is InChI=1S/C49H37N5.C33H24BN3O2.C16H15ClN2/c1-31(2)43-29-32(3)50-46-42(43)27-25-37-26-28-44(51-45(37)46)36-21-17-35(18-22-36)40-15-10-16-41(30-40)49-53-47(38-13-8-5-9-14-38)52-48(54-49)39-23-19-34(20-24-39)33-11-6-4-7-12-33;38-34(39)30-20-18-25(19-21-30)28-12-7-13-29(22-28)33-36-31(26-10-5-2-6-11-26)35-32(37-33)27-16-14-24(15-17-27)23-8-3-1-4-9-23;1-9(2)13-8-10(3)18-16-12(13)6-4-11-5-7-14(17)19-15(11)16/h4-31H,1-3H3;1-22,38-39H;4-9H,1-3H3. The summed E-state index contributed by atoms with van der Waals surface area (Å²) in [5.41, 5.74) is 25.0. The normalized spacial score (nSPS) is 11.2. The molecule has 0 amide bonds. The molecule has 12 aromatic carbocycles. The second-order valence-corrected chi connectivity index (χ2v) is 28.8. The third-order valence-electron chi connectivity index (χ3n) is 19.9. The third kappa shape index (κ3) is 16.0. The van der Waals surface area contributed by atoms with Crippen LogP contribution < -0.4 is 5.46 Å². The lowest BCUT2D eigenvalue weighted by atomic mass is 9.80. The minimum absolute atomic E-state index is 0.400. The zero-order valence-corrected chi connectivity index (χ0v) is 63.4. The Morgan fingerprint density at radius 2 is 0.545 bits per heavy atom. The molecule has 0 aliphatic rings. The van der Waals surface area contributed by atoms with Gasteiger partial charge in [0.05, 0.1) is 27.8 Å². The largest absolute Gasteiger partial charge is 0.488 e. The summed E-state index contributed by atoms with van der Waals surface area (Å²) in [7, 11) is -1.49. The fourth-order valence-electron chi connectivity index (χ4n) is 14.1. The Hall–Kier alpha value is -13.4. The van der Waals surface area contributed by atoms with E-state index in [4.69, 9.17) is 51.5 Å². The summed E-state index contributed by atoms with van der Waals surface area (Å²) < 4.78 is 0. The van der Waals surface area contributed by atoms with E-state index in [1.165, 1.54) is 27.5 Å². The number of rotatable bonds is 14. The first kappa shape index (κ1) is 72.8. The lowest BCUT2D eigenvalue weighted by Crippen LogP contribution is -2.29. The Balaban J connectivity index is 0.000000142. The highest BCUT2D eigenvalue weighted by Crippen LogP contribution is 2.37. The van der Waals surface area contributed by atoms with Gasteiger partial charge in [-0.25, -0.2) is 39.9 Å². The van der Waals surface area contributed by atoms with Gasteiger partial charge in [0.1, 0.15) is 5.15 Å². The van der Waals surface area contributed by atoms with Gasteiger partial charge in [-0.2, -0.15) is 0 Å². The van der Waals surface area contributed by atoms with Crippen LogP contribution in [0.1, 0.15) is 62.0 Å². The number of nitrogens with zero attached hydrogens (tertiary/aromatic N) is 10. The lowest BCUT2D eigenvalue weighted by molar-refractivity contribution is 0.426. The molecule has 0 unspecified atom stereocenters. The van der Waals surface area contributed by atoms with Crippen LogP contribution in [0.2, 0.25) is 5.15 Å². The first-order valence-corrected chi connectivity index (χ1v) is 37.8. The molecule has 12 nitrogen and oxygen atoms in total. The Bertz CT molecular complexity index is 6420. The minimum Gasteiger partial charge on any atom is -0.423 e. The fraction of sp³-hybridized carbons (Fsp3) is 0.0816. The predicted octanol–water partition coefficient (Wildman–Crippen LogP) is 23.2. The quantitative estimate of drug-likeness (QED) is 0.0601. The van der Waals surface area contributed by atoms with E-state index >= 15 is 0 Å². The fourth-order valence-corrected chi connectivity index (χ4v) is 14.2. The van der Waals surface area contributed by atoms with Crippen LogP contribution in [0.4, 0.5) is 0 Å². The smallest absolute Gasteiger partial charge is 0.423 e. The topological polar surface area (TPSA) is 169 Å². The zero-order valence-electron chi connectivity index (χ0n) is 62.7. The molecule has 540 valence electrons. The number of aryl methyl sites for hydroxylation is 2. The SMILES string of the molecule is Cc1cc(C(C)C)c2ccc3ccc(-c4ccc(-c5cccc(-c6nc(-c7ccccc7)nc(-c7ccc(-c8ccccc8)cc7)n6)c5)cc4)nc3c2n1.Cc1cc(C(C)C)c2ccc3ccc(Cl)nc3c2n1.OB(O)c1ccc(-c2cccc(-c3nc(-c4ccccc4)nc(-c4ccc(-c5ccccc5)cc4)n3)c2)cc1. The zero-order chi connectivity index (χ0) is 76.8. The number of benzene rings is 12. The molecule has 0 spiro atoms. The molecule has 0 aliphatic heterocycles. The van der Waals surface area contributed by atoms with Crippen molar-refractivity contribution in [1.82, 2.24) is 49.8 Å². The van der Waals surface area contributed by atoms with Gasteiger partial charge in [0, 0.05) is 71.9 Å². The maximum absolute atomic E-state index is 9.42. The van der Waals surface area contributed by atoms with Gasteiger partial charge in [0.2, 0.25) is 0 Å². The van der Waals surface area contributed by atoms with Crippen molar-refractivity contribution >= 4 is 67.8 Å². The van der Waals surface area contributed by atoms with E-state index in [2.05, 4.69) is 214 Å². The second-order valence-electron chi connectivity index (χ2n) is 28.4. The van der Waals surface area contributed by atoms with Crippen molar-refractivity contribution in [2.75, 3.05) is 0 Å². The first-order chi connectivity index (χ1) is 54.7. The molecule has 0 saturated carbocycles. The van der Waals surface area contributed by atoms with Crippen LogP contribution in [0.25, 0.3) is 168 Å². The molecular formula is C98H76BClN10O2. The van der Waals surface area contributed by atoms with E-state index in [0.717, 1.165) is 128 Å². The molecule has 6 aromatic heterocycles. The highest BCUT2D eigenvalue weighted by Gasteiger charge is 2.20. The molecule has 0 saturated heterocycles. The van der Waals surface area contributed by atoms with E-state index in [1.54, 1.807) is 12.1 Å². The van der Waals surface area contributed by atoms with E-state index in [-0.39, 0.29) is 0 Å². The molecule has 18 rings (SSSR count). The van der Waals surface area contributed by atoms with Gasteiger partial charge in [-0.05, 0) is 129 Å². The van der Waals surface area contributed by atoms with Crippen molar-refractivity contribution in [3.8, 4) is 124 Å². The van der Waals surface area contributed by atoms with Crippen molar-refractivity contribution in [3.05, 3.63) is 355 Å². The van der Waals surface area contributed by atoms with Crippen LogP contribution >= 0.6 is 11.6 Å². The van der Waals surface area contributed by atoms with E-state index in [9.17, 15) is 10.0 Å². The summed E-state index contributed by atoms with van der Waals surface area (Å²) >= 11 is 6.02. The van der Waals surface area contributed by atoms with Crippen LogP contribution in [-0.4, -0.2) is 67.0 Å². The highest BCUT2D eigenvalue weighted by molar-refractivity contribution is 6.58. The Morgan fingerprint density at radius 1 is 0.250 bits per heavy atom. The second kappa shape index (κ2) is 32.4. The van der Waals surface area contributed by atoms with Gasteiger partial charge in [-0.1, -0.05) is 324 Å². The highest BCUT2D eigenvalue weighted by atomic mass is 35.5. The number of hydrogen-bond acceptors (Lipinski definition) is 12. The van der Waals surface area contributed by atoms with Gasteiger partial charge in [-0.15, -0.1) is 0 Å². The molecule has 0 atom stereocenters. The van der Waals surface area contributed by atoms with Crippen LogP contribution in [-0.2, 0) is 0 Å². The number of fused-ring (bicyclic) bond motifs is 6. The molecule has 0 fully saturated rings. The maximum Gasteiger partial charge on any atom is 0.488 e. The average molecular weight is 1470 g/mol. The van der Waals surface area contributed by atoms with Crippen molar-refractivity contribution in [3.63, 3.8) is 0 Å². The van der Waals surface area contributed by atoms with Crippen LogP contribution in [0.3, 0.4) is 0 Å². The van der Waals surface area contributed by atoms with Crippen LogP contribution in [0.5, 0.6) is 0 Å². The first-order valence-electron chi connectivity index (χ1n) is 37.5. The number of pyridine rings is 4. The molecule has 0 bridgehead atoms. The molecule has 18 aromatic rings. The van der Waals surface area contributed by atoms with Crippen molar-refractivity contribution < 1.29 is 10.0 Å². The van der Waals surface area contributed by atoms with Gasteiger partial charge < -0.3 is 10.0 Å². The number of aromatic nitrogens is 10. The van der Waals surface area contributed by atoms with Gasteiger partial charge >= 0.3 is 7.12 Å². The molecule has 6 heterocycles. The third-order valence-corrected chi connectivity index (χ3v) is 20.2. The van der Waals surface area contributed by atoms with Crippen molar-refractivity contribution in [2.45, 2.75) is 53.4 Å². The number of halogens is 1. The predicted molar refractivity (Wildman–Crippen MR) is 460 cm³/mol. The number of hydrogen-bond donors (Lipinski definition) is 2. The van der Waals surface area contributed by atoms with E-state index in [0.29, 0.717) is 57.4 Å². The Morgan fingerprint density at radius 3 is 0.938 bits per heavy atom. The molecular weight excluding hydrogens is 1400 g/mol. The van der Waals surface area contributed by atoms with E-state index < -0.39 is 7.12 Å². The maximum atomic E-state index is 9.42. The van der Waals surface area contributed by atoms with Crippen LogP contribution in [0.15, 0.2) is 328 Å². The summed E-state index contributed by atoms with van der Waals surface area (Å²) in [6.07, 6.45) is 0. The summed E-state index contributed by atoms with van der Waals surface area (Å²) in [6.45, 7) is 12.9. The van der Waals surface area contributed by atoms with Crippen LogP contribution in [0, 0.1) is 13.8 Å². The monoisotopic (exact) mass is 1470 g/mol. The summed E-state index contributed by atoms with van der Waals surface area (Å²) in [5.74, 6) is 4.54. The summed E-state index contributed by atoms with van der Waals surface area (Å²) in [6, 6.07) is 110. The Labute approximate surface area is 656 Å². The molecule has 112 heavy (non-hydrogen) atoms. The van der Waals surface area contributed by atoms with Gasteiger partial charge in [0.25, 0.3) is 0 Å². The van der Waals surface area contributed by atoms with Crippen molar-refractivity contribution in [1.29, 1.82) is 0 Å². The summed E-state index contributed by atoms with van der Waals surface area (Å²) in [5, 5.41) is 23.9. The Kier molecular flexibility index (Phi) is 21.1.